The number of nitrogens with zero attached hydrogens (tertiary/aromatic N) is 2. The molecule has 0 aromatic heterocycles. The zero-order valence-electron chi connectivity index (χ0n) is 16.4. The van der Waals surface area contributed by atoms with Gasteiger partial charge in [-0.1, -0.05) is 48.5 Å². The molecule has 0 unspecified atom stereocenters. The highest BCUT2D eigenvalue weighted by Gasteiger charge is 2.23. The molecule has 0 fully saturated rings. The number of benzene rings is 3. The molecule has 0 saturated heterocycles. The van der Waals surface area contributed by atoms with Crippen LogP contribution in [0.25, 0.3) is 11.1 Å². The Morgan fingerprint density at radius 2 is 1.47 bits per heavy atom. The zero-order valence-corrected chi connectivity index (χ0v) is 16.4. The average Bonchev–Trinajstić information content (AvgIpc) is 2.89. The summed E-state index contributed by atoms with van der Waals surface area (Å²) in [6.45, 7) is 3.05. The van der Waals surface area contributed by atoms with E-state index in [2.05, 4.69) is 17.1 Å². The van der Waals surface area contributed by atoms with Crippen molar-refractivity contribution in [2.75, 3.05) is 6.61 Å². The molecule has 30 heavy (non-hydrogen) atoms. The van der Waals surface area contributed by atoms with Gasteiger partial charge in [-0.3, -0.25) is 4.79 Å². The van der Waals surface area contributed by atoms with Crippen LogP contribution in [0.3, 0.4) is 0 Å². The van der Waals surface area contributed by atoms with Crippen molar-refractivity contribution in [1.82, 2.24) is 4.90 Å². The molecule has 4 nitrogen and oxygen atoms in total. The quantitative estimate of drug-likeness (QED) is 0.435. The van der Waals surface area contributed by atoms with Gasteiger partial charge in [0.05, 0.1) is 6.61 Å². The van der Waals surface area contributed by atoms with E-state index in [9.17, 15) is 13.6 Å². The molecule has 0 atom stereocenters. The van der Waals surface area contributed by atoms with E-state index in [1.165, 1.54) is 0 Å². The average molecular weight is 406 g/mol. The van der Waals surface area contributed by atoms with E-state index < -0.39 is 17.5 Å². The summed E-state index contributed by atoms with van der Waals surface area (Å²) >= 11 is 0. The Balaban J connectivity index is 1.74. The first kappa shape index (κ1) is 19.8. The Morgan fingerprint density at radius 1 is 0.933 bits per heavy atom. The van der Waals surface area contributed by atoms with E-state index in [1.807, 2.05) is 41.3 Å². The van der Waals surface area contributed by atoms with Crippen molar-refractivity contribution in [3.05, 3.63) is 95.1 Å². The molecule has 0 radical (unpaired) electrons. The zero-order chi connectivity index (χ0) is 21.1. The topological polar surface area (TPSA) is 41.9 Å². The molecular formula is C24H20F2N2O2. The van der Waals surface area contributed by atoms with Crippen LogP contribution in [0.1, 0.15) is 28.4 Å². The summed E-state index contributed by atoms with van der Waals surface area (Å²) in [6, 6.07) is 18.9. The molecule has 4 rings (SSSR count). The van der Waals surface area contributed by atoms with Crippen LogP contribution in [0.5, 0.6) is 0 Å². The predicted molar refractivity (Wildman–Crippen MR) is 111 cm³/mol. The van der Waals surface area contributed by atoms with Gasteiger partial charge in [-0.2, -0.15) is 4.99 Å². The van der Waals surface area contributed by atoms with Crippen LogP contribution < -0.4 is 0 Å². The fourth-order valence-corrected chi connectivity index (χ4v) is 3.60. The smallest absolute Gasteiger partial charge is 0.296 e. The Morgan fingerprint density at radius 3 is 2.00 bits per heavy atom. The van der Waals surface area contributed by atoms with Gasteiger partial charge < -0.3 is 9.64 Å². The molecule has 3 aromatic rings. The molecule has 1 amide bonds. The molecule has 152 valence electrons. The number of rotatable bonds is 2. The third-order valence-electron chi connectivity index (χ3n) is 4.90. The lowest BCUT2D eigenvalue weighted by molar-refractivity contribution is 0.0992. The van der Waals surface area contributed by atoms with Gasteiger partial charge >= 0.3 is 0 Å². The standard InChI is InChI=1S/C24H20F2N2O2/c1-2-30-24(27-23(29)18-11-19(25)13-20(26)12-18)28-14-16-7-3-5-9-21(16)22-10-6-4-8-17(22)15-28/h3-13H,2,14-15H2,1H3/b27-24-. The van der Waals surface area contributed by atoms with Gasteiger partial charge in [0.25, 0.3) is 11.9 Å². The molecule has 1 aliphatic rings. The molecule has 0 aliphatic carbocycles. The van der Waals surface area contributed by atoms with Crippen LogP contribution in [0.2, 0.25) is 0 Å². The van der Waals surface area contributed by atoms with Crippen molar-refractivity contribution < 1.29 is 18.3 Å². The second-order valence-corrected chi connectivity index (χ2v) is 6.96. The van der Waals surface area contributed by atoms with Crippen LogP contribution in [-0.2, 0) is 17.8 Å². The van der Waals surface area contributed by atoms with Crippen LogP contribution in [0.15, 0.2) is 71.7 Å². The Kier molecular flexibility index (Phi) is 5.57. The largest absolute Gasteiger partial charge is 0.465 e. The van der Waals surface area contributed by atoms with Crippen LogP contribution in [0.4, 0.5) is 8.78 Å². The molecule has 3 aromatic carbocycles. The number of carbonyl (C=O) groups is 1. The number of amidine groups is 1. The summed E-state index contributed by atoms with van der Waals surface area (Å²) in [7, 11) is 0. The van der Waals surface area contributed by atoms with Crippen LogP contribution in [-0.4, -0.2) is 23.4 Å². The minimum Gasteiger partial charge on any atom is -0.465 e. The monoisotopic (exact) mass is 406 g/mol. The number of amides is 1. The summed E-state index contributed by atoms with van der Waals surface area (Å²) in [6.07, 6.45) is 0. The number of hydrogen-bond donors (Lipinski definition) is 0. The molecule has 0 spiro atoms. The lowest BCUT2D eigenvalue weighted by Crippen LogP contribution is -2.32. The highest BCUT2D eigenvalue weighted by Crippen LogP contribution is 2.32. The van der Waals surface area contributed by atoms with Crippen molar-refractivity contribution in [1.29, 1.82) is 0 Å². The van der Waals surface area contributed by atoms with Gasteiger partial charge in [-0.25, -0.2) is 8.78 Å². The van der Waals surface area contributed by atoms with E-state index in [0.717, 1.165) is 34.4 Å². The minimum atomic E-state index is -0.830. The van der Waals surface area contributed by atoms with Crippen molar-refractivity contribution in [2.45, 2.75) is 20.0 Å². The van der Waals surface area contributed by atoms with Crippen molar-refractivity contribution >= 4 is 11.9 Å². The van der Waals surface area contributed by atoms with E-state index in [1.54, 1.807) is 6.92 Å². The first-order valence-electron chi connectivity index (χ1n) is 9.68. The summed E-state index contributed by atoms with van der Waals surface area (Å²) in [5, 5.41) is 0. The second kappa shape index (κ2) is 8.45. The normalized spacial score (nSPS) is 13.3. The SMILES string of the molecule is CCO/C(=N\C(=O)c1cc(F)cc(F)c1)N1Cc2ccccc2-c2ccccc2C1. The van der Waals surface area contributed by atoms with Crippen LogP contribution in [0, 0.1) is 11.6 Å². The van der Waals surface area contributed by atoms with Crippen molar-refractivity contribution in [3.63, 3.8) is 0 Å². The molecule has 0 saturated carbocycles. The molecule has 0 bridgehead atoms. The van der Waals surface area contributed by atoms with Gasteiger partial charge in [0.15, 0.2) is 0 Å². The van der Waals surface area contributed by atoms with E-state index in [4.69, 9.17) is 4.74 Å². The second-order valence-electron chi connectivity index (χ2n) is 6.96. The maximum atomic E-state index is 13.5. The summed E-state index contributed by atoms with van der Waals surface area (Å²) < 4.78 is 32.7. The maximum absolute atomic E-state index is 13.5. The molecule has 6 heteroatoms. The summed E-state index contributed by atoms with van der Waals surface area (Å²) in [5.74, 6) is -2.42. The number of halogens is 2. The highest BCUT2D eigenvalue weighted by atomic mass is 19.1. The molecule has 1 heterocycles. The third-order valence-corrected chi connectivity index (χ3v) is 4.90. The highest BCUT2D eigenvalue weighted by molar-refractivity contribution is 6.01. The number of fused-ring (bicyclic) bond motifs is 3. The third kappa shape index (κ3) is 4.08. The number of aliphatic imine (C=N–C) groups is 1. The van der Waals surface area contributed by atoms with Gasteiger partial charge in [0.2, 0.25) is 0 Å². The minimum absolute atomic E-state index is 0.124. The number of carbonyl (C=O) groups excluding carboxylic acids is 1. The van der Waals surface area contributed by atoms with E-state index in [-0.39, 0.29) is 11.6 Å². The lowest BCUT2D eigenvalue weighted by atomic mass is 9.97. The van der Waals surface area contributed by atoms with Gasteiger partial charge in [-0.15, -0.1) is 0 Å². The van der Waals surface area contributed by atoms with Crippen molar-refractivity contribution in [2.24, 2.45) is 4.99 Å². The van der Waals surface area contributed by atoms with Gasteiger partial charge in [0.1, 0.15) is 11.6 Å². The fraction of sp³-hybridized carbons (Fsp3) is 0.167. The van der Waals surface area contributed by atoms with Gasteiger partial charge in [0, 0.05) is 24.7 Å². The first-order valence-corrected chi connectivity index (χ1v) is 9.68. The molecule has 0 N–H and O–H groups in total. The van der Waals surface area contributed by atoms with E-state index >= 15 is 0 Å². The Labute approximate surface area is 173 Å². The Bertz CT molecular complexity index is 1060. The lowest BCUT2D eigenvalue weighted by Gasteiger charge is -2.24. The first-order chi connectivity index (χ1) is 14.5. The van der Waals surface area contributed by atoms with Crippen molar-refractivity contribution in [3.8, 4) is 11.1 Å². The van der Waals surface area contributed by atoms with Gasteiger partial charge in [-0.05, 0) is 41.3 Å². The summed E-state index contributed by atoms with van der Waals surface area (Å²) in [5.41, 5.74) is 4.20. The molecule has 1 aliphatic heterocycles. The Hall–Kier alpha value is -3.54. The maximum Gasteiger partial charge on any atom is 0.296 e. The number of ether oxygens (including phenoxy) is 1. The van der Waals surface area contributed by atoms with E-state index in [0.29, 0.717) is 25.8 Å². The predicted octanol–water partition coefficient (Wildman–Crippen LogP) is 5.18. The fourth-order valence-electron chi connectivity index (χ4n) is 3.60. The van der Waals surface area contributed by atoms with Crippen LogP contribution >= 0.6 is 0 Å². The number of hydrogen-bond acceptors (Lipinski definition) is 2. The molecular weight excluding hydrogens is 386 g/mol. The summed E-state index contributed by atoms with van der Waals surface area (Å²) in [4.78, 5) is 18.6.